The smallest absolute Gasteiger partial charge is 0.337 e. The number of nitrogens with zero attached hydrogens (tertiary/aromatic N) is 1. The van der Waals surface area contributed by atoms with Gasteiger partial charge in [-0.15, -0.1) is 0 Å². The van der Waals surface area contributed by atoms with Gasteiger partial charge < -0.3 is 9.84 Å². The monoisotopic (exact) mass is 353 g/mol. The van der Waals surface area contributed by atoms with E-state index in [1.807, 2.05) is 0 Å². The number of halogens is 2. The fourth-order valence-corrected chi connectivity index (χ4v) is 4.25. The summed E-state index contributed by atoms with van der Waals surface area (Å²) in [6.07, 6.45) is 0.576. The van der Waals surface area contributed by atoms with Gasteiger partial charge in [0.25, 0.3) is 0 Å². The van der Waals surface area contributed by atoms with E-state index in [0.29, 0.717) is 19.6 Å². The van der Waals surface area contributed by atoms with Crippen molar-refractivity contribution in [2.45, 2.75) is 17.4 Å². The molecule has 0 amide bonds. The second-order valence-electron chi connectivity index (χ2n) is 4.61. The van der Waals surface area contributed by atoms with E-state index in [1.165, 1.54) is 7.05 Å². The number of aromatic carboxylic acids is 1. The number of benzene rings is 1. The third-order valence-electron chi connectivity index (χ3n) is 3.33. The third-order valence-corrected chi connectivity index (χ3v) is 6.02. The van der Waals surface area contributed by atoms with Crippen LogP contribution in [0.5, 0.6) is 0 Å². The predicted molar refractivity (Wildman–Crippen MR) is 77.6 cm³/mol. The van der Waals surface area contributed by atoms with E-state index in [4.69, 9.17) is 33.0 Å². The molecule has 1 saturated heterocycles. The summed E-state index contributed by atoms with van der Waals surface area (Å²) in [6.45, 7) is 0.784. The lowest BCUT2D eigenvalue weighted by molar-refractivity contribution is 0.0697. The molecule has 116 valence electrons. The molecule has 0 radical (unpaired) electrons. The van der Waals surface area contributed by atoms with E-state index < -0.39 is 16.0 Å². The van der Waals surface area contributed by atoms with Crippen LogP contribution in [0.15, 0.2) is 17.0 Å². The molecule has 0 saturated carbocycles. The fraction of sp³-hybridized carbons (Fsp3) is 0.417. The summed E-state index contributed by atoms with van der Waals surface area (Å²) in [5.74, 6) is -1.32. The summed E-state index contributed by atoms with van der Waals surface area (Å²) < 4.78 is 31.5. The molecule has 0 spiro atoms. The number of hydrogen-bond donors (Lipinski definition) is 1. The molecule has 1 aliphatic rings. The Hall–Kier alpha value is -0.860. The fourth-order valence-electron chi connectivity index (χ4n) is 2.05. The van der Waals surface area contributed by atoms with Crippen molar-refractivity contribution in [3.63, 3.8) is 0 Å². The van der Waals surface area contributed by atoms with E-state index in [1.54, 1.807) is 0 Å². The predicted octanol–water partition coefficient (Wildman–Crippen LogP) is 2.10. The van der Waals surface area contributed by atoms with Gasteiger partial charge in [-0.1, -0.05) is 23.2 Å². The number of sulfonamides is 1. The zero-order valence-electron chi connectivity index (χ0n) is 11.0. The molecule has 21 heavy (non-hydrogen) atoms. The number of carbonyl (C=O) groups is 1. The Labute approximate surface area is 132 Å². The van der Waals surface area contributed by atoms with E-state index in [0.717, 1.165) is 16.4 Å². The average Bonchev–Trinajstić information content (AvgIpc) is 2.90. The lowest BCUT2D eigenvalue weighted by atomic mass is 10.2. The van der Waals surface area contributed by atoms with Gasteiger partial charge in [0.2, 0.25) is 10.0 Å². The molecule has 1 unspecified atom stereocenters. The molecule has 1 fully saturated rings. The molecular formula is C12H13Cl2NO5S. The van der Waals surface area contributed by atoms with E-state index >= 15 is 0 Å². The lowest BCUT2D eigenvalue weighted by Gasteiger charge is -2.23. The first kappa shape index (κ1) is 16.5. The molecule has 2 rings (SSSR count). The highest BCUT2D eigenvalue weighted by atomic mass is 35.5. The van der Waals surface area contributed by atoms with Gasteiger partial charge in [0.05, 0.1) is 28.3 Å². The summed E-state index contributed by atoms with van der Waals surface area (Å²) in [6, 6.07) is 1.81. The molecule has 0 aliphatic carbocycles. The molecule has 1 aromatic rings. The molecule has 1 N–H and O–H groups in total. The SMILES string of the molecule is CN(C1CCOC1)S(=O)(=O)c1cc(C(=O)O)c(Cl)cc1Cl. The molecule has 1 aromatic carbocycles. The number of ether oxygens (including phenoxy) is 1. The summed E-state index contributed by atoms with van der Waals surface area (Å²) in [5.41, 5.74) is -0.310. The Morgan fingerprint density at radius 2 is 2.05 bits per heavy atom. The van der Waals surface area contributed by atoms with Gasteiger partial charge in [0, 0.05) is 13.7 Å². The molecule has 1 aliphatic heterocycles. The van der Waals surface area contributed by atoms with Gasteiger partial charge in [-0.05, 0) is 18.6 Å². The molecular weight excluding hydrogens is 341 g/mol. The summed E-state index contributed by atoms with van der Waals surface area (Å²) in [7, 11) is -2.51. The van der Waals surface area contributed by atoms with Gasteiger partial charge in [-0.2, -0.15) is 4.31 Å². The Kier molecular flexibility index (Phi) is 4.79. The summed E-state index contributed by atoms with van der Waals surface area (Å²) >= 11 is 11.7. The molecule has 6 nitrogen and oxygen atoms in total. The second-order valence-corrected chi connectivity index (χ2v) is 7.39. The van der Waals surface area contributed by atoms with Crippen molar-refractivity contribution in [3.8, 4) is 0 Å². The molecule has 1 heterocycles. The quantitative estimate of drug-likeness (QED) is 0.895. The van der Waals surface area contributed by atoms with Crippen LogP contribution in [0.2, 0.25) is 10.0 Å². The number of carboxylic acid groups (broad SMARTS) is 1. The van der Waals surface area contributed by atoms with Crippen LogP contribution in [-0.2, 0) is 14.8 Å². The van der Waals surface area contributed by atoms with Crippen LogP contribution in [0.1, 0.15) is 16.8 Å². The van der Waals surface area contributed by atoms with Crippen LogP contribution < -0.4 is 0 Å². The summed E-state index contributed by atoms with van der Waals surface area (Å²) in [4.78, 5) is 10.8. The minimum absolute atomic E-state index is 0.113. The highest BCUT2D eigenvalue weighted by molar-refractivity contribution is 7.89. The van der Waals surface area contributed by atoms with E-state index in [-0.39, 0.29) is 26.5 Å². The first-order valence-corrected chi connectivity index (χ1v) is 8.23. The standard InChI is InChI=1S/C12H13Cl2NO5S/c1-15(7-2-3-20-6-7)21(18,19)11-4-8(12(16)17)9(13)5-10(11)14/h4-5,7H,2-3,6H2,1H3,(H,16,17). The van der Waals surface area contributed by atoms with Gasteiger partial charge in [-0.3, -0.25) is 0 Å². The van der Waals surface area contributed by atoms with Crippen LogP contribution in [0.3, 0.4) is 0 Å². The van der Waals surface area contributed by atoms with E-state index in [2.05, 4.69) is 0 Å². The highest BCUT2D eigenvalue weighted by Gasteiger charge is 2.33. The zero-order valence-corrected chi connectivity index (χ0v) is 13.4. The van der Waals surface area contributed by atoms with Crippen LogP contribution in [0, 0.1) is 0 Å². The molecule has 9 heteroatoms. The largest absolute Gasteiger partial charge is 0.478 e. The topological polar surface area (TPSA) is 83.9 Å². The van der Waals surface area contributed by atoms with Gasteiger partial charge >= 0.3 is 5.97 Å². The Bertz CT molecular complexity index is 670. The first-order valence-electron chi connectivity index (χ1n) is 6.03. The van der Waals surface area contributed by atoms with Crippen LogP contribution in [0.25, 0.3) is 0 Å². The molecule has 0 aromatic heterocycles. The average molecular weight is 354 g/mol. The maximum atomic E-state index is 12.6. The van der Waals surface area contributed by atoms with Crippen molar-refractivity contribution in [3.05, 3.63) is 27.7 Å². The number of hydrogen-bond acceptors (Lipinski definition) is 4. The number of carboxylic acids is 1. The lowest BCUT2D eigenvalue weighted by Crippen LogP contribution is -2.37. The van der Waals surface area contributed by atoms with Crippen LogP contribution >= 0.6 is 23.2 Å². The minimum atomic E-state index is -3.93. The van der Waals surface area contributed by atoms with Crippen molar-refractivity contribution in [1.29, 1.82) is 0 Å². The second kappa shape index (κ2) is 6.10. The van der Waals surface area contributed by atoms with Crippen LogP contribution in [0.4, 0.5) is 0 Å². The molecule has 1 atom stereocenters. The first-order chi connectivity index (χ1) is 9.75. The Morgan fingerprint density at radius 1 is 1.38 bits per heavy atom. The maximum Gasteiger partial charge on any atom is 0.337 e. The minimum Gasteiger partial charge on any atom is -0.478 e. The van der Waals surface area contributed by atoms with Crippen molar-refractivity contribution in [2.24, 2.45) is 0 Å². The maximum absolute atomic E-state index is 12.6. The molecule has 0 bridgehead atoms. The van der Waals surface area contributed by atoms with Crippen molar-refractivity contribution >= 4 is 39.2 Å². The number of rotatable bonds is 4. The normalized spacial score (nSPS) is 19.1. The van der Waals surface area contributed by atoms with Crippen molar-refractivity contribution < 1.29 is 23.1 Å². The zero-order chi connectivity index (χ0) is 15.8. The highest BCUT2D eigenvalue weighted by Crippen LogP contribution is 2.31. The van der Waals surface area contributed by atoms with Gasteiger partial charge in [0.15, 0.2) is 0 Å². The number of likely N-dealkylation sites (N-methyl/N-ethyl adjacent to an activating group) is 1. The summed E-state index contributed by atoms with van der Waals surface area (Å²) in [5, 5.41) is 8.81. The van der Waals surface area contributed by atoms with Crippen molar-refractivity contribution in [1.82, 2.24) is 4.31 Å². The third kappa shape index (κ3) is 3.17. The van der Waals surface area contributed by atoms with E-state index in [9.17, 15) is 13.2 Å². The van der Waals surface area contributed by atoms with Gasteiger partial charge in [-0.25, -0.2) is 13.2 Å². The Morgan fingerprint density at radius 3 is 2.57 bits per heavy atom. The van der Waals surface area contributed by atoms with Gasteiger partial charge in [0.1, 0.15) is 4.90 Å². The van der Waals surface area contributed by atoms with Crippen molar-refractivity contribution in [2.75, 3.05) is 20.3 Å². The van der Waals surface area contributed by atoms with Crippen LogP contribution in [-0.4, -0.2) is 50.1 Å². The Balaban J connectivity index is 2.48.